The van der Waals surface area contributed by atoms with Crippen molar-refractivity contribution in [2.45, 2.75) is 31.7 Å². The predicted octanol–water partition coefficient (Wildman–Crippen LogP) is 4.21. The van der Waals surface area contributed by atoms with Gasteiger partial charge in [-0.15, -0.1) is 0 Å². The van der Waals surface area contributed by atoms with Crippen LogP contribution in [0.5, 0.6) is 11.5 Å². The molecular weight excluding hydrogens is 392 g/mol. The van der Waals surface area contributed by atoms with Crippen molar-refractivity contribution in [1.82, 2.24) is 4.90 Å². The number of hydrogen-bond acceptors (Lipinski definition) is 4. The Hall–Kier alpha value is -3.28. The zero-order chi connectivity index (χ0) is 21.8. The van der Waals surface area contributed by atoms with Gasteiger partial charge in [0.25, 0.3) is 0 Å². The molecule has 2 fully saturated rings. The lowest BCUT2D eigenvalue weighted by Gasteiger charge is -2.25. The Labute approximate surface area is 183 Å². The smallest absolute Gasteiger partial charge is 0.247 e. The van der Waals surface area contributed by atoms with Gasteiger partial charge in [0, 0.05) is 36.8 Å². The molecule has 0 bridgehead atoms. The number of likely N-dealkylation sites (tertiary alicyclic amines) is 1. The molecule has 2 aromatic carbocycles. The Morgan fingerprint density at radius 2 is 1.84 bits per heavy atom. The quantitative estimate of drug-likeness (QED) is 0.657. The Morgan fingerprint density at radius 3 is 2.52 bits per heavy atom. The minimum atomic E-state index is -0.0363. The summed E-state index contributed by atoms with van der Waals surface area (Å²) >= 11 is 0. The Morgan fingerprint density at radius 1 is 1.03 bits per heavy atom. The van der Waals surface area contributed by atoms with Gasteiger partial charge < -0.3 is 19.3 Å². The van der Waals surface area contributed by atoms with E-state index in [0.29, 0.717) is 13.0 Å². The largest absolute Gasteiger partial charge is 0.497 e. The number of carbonyl (C=O) groups is 2. The number of amides is 2. The molecule has 31 heavy (non-hydrogen) atoms. The molecule has 0 aromatic heterocycles. The van der Waals surface area contributed by atoms with E-state index in [2.05, 4.69) is 0 Å². The molecule has 4 rings (SSSR count). The van der Waals surface area contributed by atoms with Crippen LogP contribution in [0.1, 0.15) is 42.9 Å². The number of methoxy groups -OCH3 is 2. The summed E-state index contributed by atoms with van der Waals surface area (Å²) in [4.78, 5) is 28.6. The third-order valence-electron chi connectivity index (χ3n) is 6.03. The molecule has 0 aliphatic carbocycles. The maximum Gasteiger partial charge on any atom is 0.247 e. The van der Waals surface area contributed by atoms with E-state index in [1.54, 1.807) is 20.3 Å². The lowest BCUT2D eigenvalue weighted by molar-refractivity contribution is -0.126. The zero-order valence-electron chi connectivity index (χ0n) is 18.0. The summed E-state index contributed by atoms with van der Waals surface area (Å²) in [6, 6.07) is 13.4. The van der Waals surface area contributed by atoms with E-state index >= 15 is 0 Å². The molecule has 2 saturated heterocycles. The van der Waals surface area contributed by atoms with Crippen LogP contribution in [-0.4, -0.2) is 44.0 Å². The van der Waals surface area contributed by atoms with E-state index in [1.807, 2.05) is 58.3 Å². The molecular formula is C25H28N2O4. The van der Waals surface area contributed by atoms with Gasteiger partial charge in [-0.3, -0.25) is 9.59 Å². The van der Waals surface area contributed by atoms with Gasteiger partial charge in [-0.1, -0.05) is 12.1 Å². The number of hydrogen-bond donors (Lipinski definition) is 0. The molecule has 2 aromatic rings. The van der Waals surface area contributed by atoms with Gasteiger partial charge in [0.1, 0.15) is 11.5 Å². The van der Waals surface area contributed by atoms with Crippen LogP contribution in [0.3, 0.4) is 0 Å². The first-order valence-corrected chi connectivity index (χ1v) is 10.7. The van der Waals surface area contributed by atoms with Crippen molar-refractivity contribution in [1.29, 1.82) is 0 Å². The fourth-order valence-electron chi connectivity index (χ4n) is 4.40. The van der Waals surface area contributed by atoms with Crippen LogP contribution >= 0.6 is 0 Å². The summed E-state index contributed by atoms with van der Waals surface area (Å²) in [5.74, 6) is 1.67. The summed E-state index contributed by atoms with van der Waals surface area (Å²) < 4.78 is 10.9. The fourth-order valence-corrected chi connectivity index (χ4v) is 4.40. The summed E-state index contributed by atoms with van der Waals surface area (Å²) in [6.07, 6.45) is 6.82. The molecule has 6 nitrogen and oxygen atoms in total. The average molecular weight is 421 g/mol. The number of anilines is 1. The highest BCUT2D eigenvalue weighted by atomic mass is 16.5. The number of rotatable bonds is 6. The van der Waals surface area contributed by atoms with E-state index in [9.17, 15) is 9.59 Å². The Kier molecular flexibility index (Phi) is 6.26. The molecule has 2 amide bonds. The highest BCUT2D eigenvalue weighted by Crippen LogP contribution is 2.39. The minimum Gasteiger partial charge on any atom is -0.497 e. The van der Waals surface area contributed by atoms with Gasteiger partial charge in [-0.05, 0) is 61.2 Å². The summed E-state index contributed by atoms with van der Waals surface area (Å²) in [7, 11) is 3.28. The van der Waals surface area contributed by atoms with E-state index in [0.717, 1.165) is 54.1 Å². The van der Waals surface area contributed by atoms with E-state index in [-0.39, 0.29) is 17.9 Å². The number of nitrogens with zero attached hydrogens (tertiary/aromatic N) is 2. The molecule has 1 unspecified atom stereocenters. The average Bonchev–Trinajstić information content (AvgIpc) is 3.46. The van der Waals surface area contributed by atoms with Crippen LogP contribution < -0.4 is 14.4 Å². The Balaban J connectivity index is 1.48. The van der Waals surface area contributed by atoms with Crippen LogP contribution in [0.2, 0.25) is 0 Å². The van der Waals surface area contributed by atoms with Gasteiger partial charge in [0.15, 0.2) is 0 Å². The monoisotopic (exact) mass is 420 g/mol. The molecule has 2 aliphatic heterocycles. The first-order chi connectivity index (χ1) is 15.1. The third kappa shape index (κ3) is 4.43. The maximum absolute atomic E-state index is 13.0. The number of carbonyl (C=O) groups excluding carboxylic acids is 2. The van der Waals surface area contributed by atoms with Gasteiger partial charge in [0.2, 0.25) is 11.8 Å². The highest BCUT2D eigenvalue weighted by molar-refractivity contribution is 5.95. The van der Waals surface area contributed by atoms with Crippen molar-refractivity contribution in [2.75, 3.05) is 32.2 Å². The van der Waals surface area contributed by atoms with Crippen molar-refractivity contribution in [3.05, 3.63) is 59.7 Å². The standard InChI is InChI=1S/C25H28N2O4/c1-30-20-12-13-23(31-2)21(17-20)22-5-3-16-27(22)25(29)14-9-18-7-10-19(11-8-18)26-15-4-6-24(26)28/h7-14,17,22H,3-6,15-16H2,1-2H3/b14-9+. The molecule has 162 valence electrons. The van der Waals surface area contributed by atoms with Gasteiger partial charge in [-0.2, -0.15) is 0 Å². The second-order valence-electron chi connectivity index (χ2n) is 7.87. The second-order valence-corrected chi connectivity index (χ2v) is 7.87. The molecule has 0 saturated carbocycles. The first kappa shape index (κ1) is 21.0. The Bertz CT molecular complexity index is 984. The normalized spacial score (nSPS) is 18.8. The zero-order valence-corrected chi connectivity index (χ0v) is 18.0. The third-order valence-corrected chi connectivity index (χ3v) is 6.03. The lowest BCUT2D eigenvalue weighted by atomic mass is 10.0. The van der Waals surface area contributed by atoms with Crippen molar-refractivity contribution < 1.29 is 19.1 Å². The minimum absolute atomic E-state index is 0.0221. The van der Waals surface area contributed by atoms with Crippen molar-refractivity contribution >= 4 is 23.6 Å². The molecule has 6 heteroatoms. The topological polar surface area (TPSA) is 59.1 Å². The summed E-state index contributed by atoms with van der Waals surface area (Å²) in [5, 5.41) is 0. The van der Waals surface area contributed by atoms with Gasteiger partial charge in [-0.25, -0.2) is 0 Å². The van der Waals surface area contributed by atoms with Crippen molar-refractivity contribution in [2.24, 2.45) is 0 Å². The lowest BCUT2D eigenvalue weighted by Crippen LogP contribution is -2.29. The predicted molar refractivity (Wildman–Crippen MR) is 120 cm³/mol. The first-order valence-electron chi connectivity index (χ1n) is 10.7. The number of benzene rings is 2. The molecule has 2 aliphatic rings. The van der Waals surface area contributed by atoms with Crippen LogP contribution in [0.25, 0.3) is 6.08 Å². The number of ether oxygens (including phenoxy) is 2. The van der Waals surface area contributed by atoms with Gasteiger partial charge in [0.05, 0.1) is 20.3 Å². The highest BCUT2D eigenvalue weighted by Gasteiger charge is 2.31. The van der Waals surface area contributed by atoms with Crippen molar-refractivity contribution in [3.63, 3.8) is 0 Å². The van der Waals surface area contributed by atoms with E-state index < -0.39 is 0 Å². The molecule has 0 spiro atoms. The van der Waals surface area contributed by atoms with Crippen LogP contribution in [0, 0.1) is 0 Å². The molecule has 0 radical (unpaired) electrons. The SMILES string of the molecule is COc1ccc(OC)c(C2CCCN2C(=O)/C=C/c2ccc(N3CCCC3=O)cc2)c1. The summed E-state index contributed by atoms with van der Waals surface area (Å²) in [6.45, 7) is 1.49. The van der Waals surface area contributed by atoms with Crippen LogP contribution in [0.4, 0.5) is 5.69 Å². The van der Waals surface area contributed by atoms with E-state index in [4.69, 9.17) is 9.47 Å². The summed E-state index contributed by atoms with van der Waals surface area (Å²) in [5.41, 5.74) is 2.81. The fraction of sp³-hybridized carbons (Fsp3) is 0.360. The van der Waals surface area contributed by atoms with Crippen LogP contribution in [-0.2, 0) is 9.59 Å². The molecule has 0 N–H and O–H groups in total. The maximum atomic E-state index is 13.0. The molecule has 1 atom stereocenters. The molecule has 2 heterocycles. The van der Waals surface area contributed by atoms with Crippen molar-refractivity contribution in [3.8, 4) is 11.5 Å². The van der Waals surface area contributed by atoms with E-state index in [1.165, 1.54) is 0 Å². The van der Waals surface area contributed by atoms with Crippen LogP contribution in [0.15, 0.2) is 48.5 Å². The van der Waals surface area contributed by atoms with Gasteiger partial charge >= 0.3 is 0 Å². The second kappa shape index (κ2) is 9.25.